The van der Waals surface area contributed by atoms with Crippen LogP contribution in [0.2, 0.25) is 0 Å². The van der Waals surface area contributed by atoms with Crippen molar-refractivity contribution in [1.82, 2.24) is 14.9 Å². The zero-order valence-corrected chi connectivity index (χ0v) is 12.1. The molecule has 0 bridgehead atoms. The van der Waals surface area contributed by atoms with E-state index in [4.69, 9.17) is 0 Å². The van der Waals surface area contributed by atoms with Crippen molar-refractivity contribution in [3.63, 3.8) is 0 Å². The molecule has 1 heterocycles. The smallest absolute Gasteiger partial charge is 0.126 e. The summed E-state index contributed by atoms with van der Waals surface area (Å²) in [7, 11) is 0. The van der Waals surface area contributed by atoms with Crippen molar-refractivity contribution >= 4 is 0 Å². The van der Waals surface area contributed by atoms with Gasteiger partial charge in [-0.3, -0.25) is 0 Å². The summed E-state index contributed by atoms with van der Waals surface area (Å²) in [6, 6.07) is 0.412. The molecule has 1 atom stereocenters. The molecule has 1 aromatic heterocycles. The third-order valence-corrected chi connectivity index (χ3v) is 4.39. The van der Waals surface area contributed by atoms with E-state index in [9.17, 15) is 0 Å². The lowest BCUT2D eigenvalue weighted by Crippen LogP contribution is -2.37. The summed E-state index contributed by atoms with van der Waals surface area (Å²) in [6.45, 7) is 8.95. The quantitative estimate of drug-likeness (QED) is 0.836. The van der Waals surface area contributed by atoms with Gasteiger partial charge in [-0.2, -0.15) is 0 Å². The van der Waals surface area contributed by atoms with Crippen LogP contribution in [0, 0.1) is 5.41 Å². The Bertz CT molecular complexity index is 364. The Labute approximate surface area is 111 Å². The Morgan fingerprint density at radius 1 is 1.39 bits per heavy atom. The molecule has 1 unspecified atom stereocenters. The van der Waals surface area contributed by atoms with Crippen LogP contribution in [0.4, 0.5) is 0 Å². The van der Waals surface area contributed by atoms with Gasteiger partial charge in [-0.1, -0.05) is 26.7 Å². The van der Waals surface area contributed by atoms with Crippen molar-refractivity contribution in [3.05, 3.63) is 18.2 Å². The first kappa shape index (κ1) is 13.6. The zero-order valence-electron chi connectivity index (χ0n) is 12.1. The van der Waals surface area contributed by atoms with E-state index in [1.165, 1.54) is 37.9 Å². The lowest BCUT2D eigenvalue weighted by Gasteiger charge is -2.34. The Balaban J connectivity index is 2.24. The van der Waals surface area contributed by atoms with Gasteiger partial charge >= 0.3 is 0 Å². The second-order valence-electron chi connectivity index (χ2n) is 5.82. The fourth-order valence-electron chi connectivity index (χ4n) is 3.26. The number of aryl methyl sites for hydroxylation is 1. The molecule has 0 amide bonds. The summed E-state index contributed by atoms with van der Waals surface area (Å²) in [5.41, 5.74) is 0.382. The predicted octanol–water partition coefficient (Wildman–Crippen LogP) is 3.52. The summed E-state index contributed by atoms with van der Waals surface area (Å²) >= 11 is 0. The van der Waals surface area contributed by atoms with E-state index in [0.717, 1.165) is 13.1 Å². The molecule has 1 aliphatic carbocycles. The van der Waals surface area contributed by atoms with E-state index >= 15 is 0 Å². The summed E-state index contributed by atoms with van der Waals surface area (Å²) in [5.74, 6) is 1.23. The van der Waals surface area contributed by atoms with Crippen LogP contribution in [-0.4, -0.2) is 16.1 Å². The molecule has 0 aliphatic heterocycles. The number of nitrogens with zero attached hydrogens (tertiary/aromatic N) is 2. The maximum absolute atomic E-state index is 4.63. The number of aromatic nitrogens is 2. The van der Waals surface area contributed by atoms with Gasteiger partial charge in [0.1, 0.15) is 5.82 Å². The van der Waals surface area contributed by atoms with Gasteiger partial charge in [-0.05, 0) is 38.1 Å². The molecule has 3 nitrogen and oxygen atoms in total. The van der Waals surface area contributed by atoms with Crippen LogP contribution in [0.15, 0.2) is 12.4 Å². The van der Waals surface area contributed by atoms with Crippen molar-refractivity contribution < 1.29 is 0 Å². The van der Waals surface area contributed by atoms with Gasteiger partial charge in [0, 0.05) is 18.9 Å². The maximum Gasteiger partial charge on any atom is 0.126 e. The van der Waals surface area contributed by atoms with Crippen molar-refractivity contribution in [1.29, 1.82) is 0 Å². The molecule has 1 aromatic rings. The van der Waals surface area contributed by atoms with Gasteiger partial charge < -0.3 is 9.88 Å². The van der Waals surface area contributed by atoms with E-state index in [-0.39, 0.29) is 0 Å². The standard InChI is InChI=1S/C15H27N3/c1-4-10-16-13(15(3)8-6-7-9-15)14-17-11-12-18(14)5-2/h11-13,16H,4-10H2,1-3H3. The van der Waals surface area contributed by atoms with Crippen LogP contribution in [-0.2, 0) is 6.54 Å². The topological polar surface area (TPSA) is 29.9 Å². The van der Waals surface area contributed by atoms with E-state index in [0.29, 0.717) is 11.5 Å². The van der Waals surface area contributed by atoms with Gasteiger partial charge in [0.2, 0.25) is 0 Å². The average molecular weight is 249 g/mol. The van der Waals surface area contributed by atoms with Gasteiger partial charge in [-0.15, -0.1) is 0 Å². The molecule has 0 radical (unpaired) electrons. The molecule has 102 valence electrons. The number of rotatable bonds is 6. The van der Waals surface area contributed by atoms with Crippen LogP contribution in [0.1, 0.15) is 64.7 Å². The highest BCUT2D eigenvalue weighted by Crippen LogP contribution is 2.46. The SMILES string of the molecule is CCCNC(c1nccn1CC)C1(C)CCCC1. The Morgan fingerprint density at radius 3 is 2.72 bits per heavy atom. The molecule has 1 N–H and O–H groups in total. The Morgan fingerprint density at radius 2 is 2.11 bits per heavy atom. The highest BCUT2D eigenvalue weighted by atomic mass is 15.1. The maximum atomic E-state index is 4.63. The van der Waals surface area contributed by atoms with Crippen molar-refractivity contribution in [2.24, 2.45) is 5.41 Å². The molecule has 0 spiro atoms. The van der Waals surface area contributed by atoms with E-state index in [2.05, 4.69) is 41.8 Å². The van der Waals surface area contributed by atoms with Crippen LogP contribution in [0.3, 0.4) is 0 Å². The first-order valence-corrected chi connectivity index (χ1v) is 7.45. The molecule has 1 fully saturated rings. The fraction of sp³-hybridized carbons (Fsp3) is 0.800. The Hall–Kier alpha value is -0.830. The third kappa shape index (κ3) is 2.61. The summed E-state index contributed by atoms with van der Waals surface area (Å²) in [6.07, 6.45) is 10.6. The second kappa shape index (κ2) is 5.87. The largest absolute Gasteiger partial charge is 0.334 e. The van der Waals surface area contributed by atoms with Gasteiger partial charge in [0.25, 0.3) is 0 Å². The molecule has 18 heavy (non-hydrogen) atoms. The molecular weight excluding hydrogens is 222 g/mol. The average Bonchev–Trinajstić information content (AvgIpc) is 2.99. The molecule has 1 saturated carbocycles. The minimum absolute atomic E-state index is 0.382. The highest BCUT2D eigenvalue weighted by Gasteiger charge is 2.39. The second-order valence-corrected chi connectivity index (χ2v) is 5.82. The zero-order chi connectivity index (χ0) is 13.0. The Kier molecular flexibility index (Phi) is 4.44. The lowest BCUT2D eigenvalue weighted by atomic mass is 9.80. The van der Waals surface area contributed by atoms with Crippen molar-refractivity contribution in [3.8, 4) is 0 Å². The first-order chi connectivity index (χ1) is 8.71. The number of nitrogens with one attached hydrogen (secondary N) is 1. The normalized spacial score (nSPS) is 20.2. The van der Waals surface area contributed by atoms with Crippen molar-refractivity contribution in [2.75, 3.05) is 6.54 Å². The van der Waals surface area contributed by atoms with Gasteiger partial charge in [0.05, 0.1) is 6.04 Å². The predicted molar refractivity (Wildman–Crippen MR) is 75.5 cm³/mol. The number of hydrogen-bond donors (Lipinski definition) is 1. The molecule has 2 rings (SSSR count). The van der Waals surface area contributed by atoms with Gasteiger partial charge in [0.15, 0.2) is 0 Å². The first-order valence-electron chi connectivity index (χ1n) is 7.45. The minimum Gasteiger partial charge on any atom is -0.334 e. The summed E-state index contributed by atoms with van der Waals surface area (Å²) in [4.78, 5) is 4.63. The van der Waals surface area contributed by atoms with Crippen LogP contribution >= 0.6 is 0 Å². The van der Waals surface area contributed by atoms with Crippen LogP contribution in [0.5, 0.6) is 0 Å². The van der Waals surface area contributed by atoms with E-state index < -0.39 is 0 Å². The monoisotopic (exact) mass is 249 g/mol. The number of hydrogen-bond acceptors (Lipinski definition) is 2. The minimum atomic E-state index is 0.382. The molecule has 0 aromatic carbocycles. The molecule has 3 heteroatoms. The molecule has 1 aliphatic rings. The van der Waals surface area contributed by atoms with E-state index in [1.54, 1.807) is 0 Å². The van der Waals surface area contributed by atoms with Crippen molar-refractivity contribution in [2.45, 2.75) is 65.5 Å². The number of imidazole rings is 1. The van der Waals surface area contributed by atoms with Crippen LogP contribution < -0.4 is 5.32 Å². The molecule has 0 saturated heterocycles. The van der Waals surface area contributed by atoms with E-state index in [1.807, 2.05) is 6.20 Å². The van der Waals surface area contributed by atoms with Crippen LogP contribution in [0.25, 0.3) is 0 Å². The summed E-state index contributed by atoms with van der Waals surface area (Å²) in [5, 5.41) is 3.75. The van der Waals surface area contributed by atoms with Gasteiger partial charge in [-0.25, -0.2) is 4.98 Å². The highest BCUT2D eigenvalue weighted by molar-refractivity contribution is 5.07. The molecular formula is C15H27N3. The summed E-state index contributed by atoms with van der Waals surface area (Å²) < 4.78 is 2.29. The third-order valence-electron chi connectivity index (χ3n) is 4.39. The lowest BCUT2D eigenvalue weighted by molar-refractivity contribution is 0.210. The fourth-order valence-corrected chi connectivity index (χ4v) is 3.26.